The summed E-state index contributed by atoms with van der Waals surface area (Å²) in [5.41, 5.74) is 0. The lowest BCUT2D eigenvalue weighted by Crippen LogP contribution is -2.29. The molecule has 0 aromatic carbocycles. The molecule has 1 N–H and O–H groups in total. The van der Waals surface area contributed by atoms with E-state index in [1.165, 1.54) is 38.5 Å². The van der Waals surface area contributed by atoms with Gasteiger partial charge in [-0.05, 0) is 45.6 Å². The quantitative estimate of drug-likeness (QED) is 0.545. The maximum Gasteiger partial charge on any atom is 0.0546 e. The molecular formula is C14H31NO. The third-order valence-electron chi connectivity index (χ3n) is 2.97. The number of hydrogen-bond acceptors (Lipinski definition) is 2. The Hall–Kier alpha value is -0.0800. The second-order valence-electron chi connectivity index (χ2n) is 4.67. The van der Waals surface area contributed by atoms with Crippen molar-refractivity contribution in [2.45, 2.75) is 78.4 Å². The molecule has 0 rings (SSSR count). The largest absolute Gasteiger partial charge is 0.379 e. The smallest absolute Gasteiger partial charge is 0.0546 e. The van der Waals surface area contributed by atoms with Crippen molar-refractivity contribution in [3.05, 3.63) is 0 Å². The molecule has 0 amide bonds. The molecule has 0 saturated heterocycles. The average molecular weight is 229 g/mol. The van der Waals surface area contributed by atoms with Crippen LogP contribution >= 0.6 is 0 Å². The molecule has 2 nitrogen and oxygen atoms in total. The number of rotatable bonds is 11. The van der Waals surface area contributed by atoms with Crippen molar-refractivity contribution in [2.24, 2.45) is 0 Å². The van der Waals surface area contributed by atoms with Gasteiger partial charge in [0, 0.05) is 12.6 Å². The highest BCUT2D eigenvalue weighted by atomic mass is 16.5. The Kier molecular flexibility index (Phi) is 11.3. The van der Waals surface area contributed by atoms with Crippen LogP contribution in [0, 0.1) is 0 Å². The molecule has 0 aromatic heterocycles. The van der Waals surface area contributed by atoms with Gasteiger partial charge in [-0.1, -0.05) is 27.2 Å². The van der Waals surface area contributed by atoms with Gasteiger partial charge in [0.25, 0.3) is 0 Å². The molecule has 2 unspecified atom stereocenters. The highest BCUT2D eigenvalue weighted by molar-refractivity contribution is 4.64. The molecule has 0 heterocycles. The molecule has 0 aliphatic heterocycles. The zero-order valence-corrected chi connectivity index (χ0v) is 11.7. The van der Waals surface area contributed by atoms with Gasteiger partial charge >= 0.3 is 0 Å². The lowest BCUT2D eigenvalue weighted by molar-refractivity contribution is 0.0560. The number of ether oxygens (including phenoxy) is 1. The van der Waals surface area contributed by atoms with Crippen LogP contribution in [0.5, 0.6) is 0 Å². The van der Waals surface area contributed by atoms with Gasteiger partial charge in [0.1, 0.15) is 0 Å². The maximum absolute atomic E-state index is 5.75. The Balaban J connectivity index is 3.39. The molecule has 2 heteroatoms. The van der Waals surface area contributed by atoms with Crippen LogP contribution in [-0.2, 0) is 4.74 Å². The monoisotopic (exact) mass is 229 g/mol. The van der Waals surface area contributed by atoms with Crippen molar-refractivity contribution >= 4 is 0 Å². The van der Waals surface area contributed by atoms with Gasteiger partial charge in [0.05, 0.1) is 6.10 Å². The van der Waals surface area contributed by atoms with E-state index in [-0.39, 0.29) is 0 Å². The van der Waals surface area contributed by atoms with Gasteiger partial charge in [-0.3, -0.25) is 0 Å². The Labute approximate surface area is 102 Å². The zero-order valence-electron chi connectivity index (χ0n) is 11.7. The highest BCUT2D eigenvalue weighted by Gasteiger charge is 2.05. The minimum Gasteiger partial charge on any atom is -0.379 e. The SMILES string of the molecule is CCCNC(CC)CCCOC(C)CCC. The van der Waals surface area contributed by atoms with E-state index in [2.05, 4.69) is 33.0 Å². The van der Waals surface area contributed by atoms with Crippen LogP contribution in [0.15, 0.2) is 0 Å². The molecule has 0 bridgehead atoms. The fourth-order valence-electron chi connectivity index (χ4n) is 1.90. The molecule has 2 atom stereocenters. The van der Waals surface area contributed by atoms with Crippen molar-refractivity contribution in [3.8, 4) is 0 Å². The van der Waals surface area contributed by atoms with E-state index in [9.17, 15) is 0 Å². The summed E-state index contributed by atoms with van der Waals surface area (Å²) < 4.78 is 5.75. The zero-order chi connectivity index (χ0) is 12.2. The van der Waals surface area contributed by atoms with Crippen LogP contribution in [0.1, 0.15) is 66.2 Å². The summed E-state index contributed by atoms with van der Waals surface area (Å²) in [7, 11) is 0. The van der Waals surface area contributed by atoms with Crippen LogP contribution in [-0.4, -0.2) is 25.3 Å². The van der Waals surface area contributed by atoms with Crippen LogP contribution < -0.4 is 5.32 Å². The second-order valence-corrected chi connectivity index (χ2v) is 4.67. The molecule has 16 heavy (non-hydrogen) atoms. The topological polar surface area (TPSA) is 21.3 Å². The van der Waals surface area contributed by atoms with Crippen molar-refractivity contribution in [1.29, 1.82) is 0 Å². The predicted molar refractivity (Wildman–Crippen MR) is 71.9 cm³/mol. The third kappa shape index (κ3) is 9.17. The first kappa shape index (κ1) is 15.9. The Morgan fingerprint density at radius 1 is 1.06 bits per heavy atom. The first-order valence-corrected chi connectivity index (χ1v) is 7.09. The summed E-state index contributed by atoms with van der Waals surface area (Å²) in [6, 6.07) is 0.685. The van der Waals surface area contributed by atoms with E-state index >= 15 is 0 Å². The normalized spacial score (nSPS) is 15.0. The second kappa shape index (κ2) is 11.4. The first-order valence-electron chi connectivity index (χ1n) is 7.09. The van der Waals surface area contributed by atoms with Gasteiger partial charge in [-0.15, -0.1) is 0 Å². The van der Waals surface area contributed by atoms with Gasteiger partial charge in [0.15, 0.2) is 0 Å². The Morgan fingerprint density at radius 3 is 2.38 bits per heavy atom. The Bertz CT molecular complexity index is 139. The average Bonchev–Trinajstić information content (AvgIpc) is 2.28. The van der Waals surface area contributed by atoms with Crippen LogP contribution in [0.2, 0.25) is 0 Å². The number of hydrogen-bond donors (Lipinski definition) is 1. The highest BCUT2D eigenvalue weighted by Crippen LogP contribution is 2.05. The molecule has 0 saturated carbocycles. The van der Waals surface area contributed by atoms with Gasteiger partial charge in [-0.25, -0.2) is 0 Å². The van der Waals surface area contributed by atoms with Gasteiger partial charge < -0.3 is 10.1 Å². The molecule has 0 fully saturated rings. The molecular weight excluding hydrogens is 198 g/mol. The van der Waals surface area contributed by atoms with Crippen LogP contribution in [0.3, 0.4) is 0 Å². The minimum atomic E-state index is 0.439. The van der Waals surface area contributed by atoms with E-state index in [0.717, 1.165) is 13.2 Å². The van der Waals surface area contributed by atoms with E-state index in [1.807, 2.05) is 0 Å². The van der Waals surface area contributed by atoms with E-state index in [4.69, 9.17) is 4.74 Å². The molecule has 98 valence electrons. The van der Waals surface area contributed by atoms with E-state index in [0.29, 0.717) is 12.1 Å². The summed E-state index contributed by atoms with van der Waals surface area (Å²) in [5, 5.41) is 3.58. The van der Waals surface area contributed by atoms with Crippen molar-refractivity contribution in [1.82, 2.24) is 5.32 Å². The molecule has 0 spiro atoms. The first-order chi connectivity index (χ1) is 7.74. The minimum absolute atomic E-state index is 0.439. The Morgan fingerprint density at radius 2 is 1.81 bits per heavy atom. The summed E-state index contributed by atoms with van der Waals surface area (Å²) in [5.74, 6) is 0. The predicted octanol–water partition coefficient (Wildman–Crippen LogP) is 3.75. The molecule has 0 aliphatic carbocycles. The molecule has 0 aliphatic rings. The summed E-state index contributed by atoms with van der Waals surface area (Å²) in [4.78, 5) is 0. The summed E-state index contributed by atoms with van der Waals surface area (Å²) in [6.45, 7) is 10.9. The van der Waals surface area contributed by atoms with Gasteiger partial charge in [-0.2, -0.15) is 0 Å². The van der Waals surface area contributed by atoms with Crippen molar-refractivity contribution in [3.63, 3.8) is 0 Å². The van der Waals surface area contributed by atoms with E-state index in [1.54, 1.807) is 0 Å². The maximum atomic E-state index is 5.75. The number of nitrogens with one attached hydrogen (secondary N) is 1. The van der Waals surface area contributed by atoms with Crippen molar-refractivity contribution < 1.29 is 4.74 Å². The van der Waals surface area contributed by atoms with Crippen LogP contribution in [0.4, 0.5) is 0 Å². The third-order valence-corrected chi connectivity index (χ3v) is 2.97. The van der Waals surface area contributed by atoms with Crippen LogP contribution in [0.25, 0.3) is 0 Å². The molecule has 0 aromatic rings. The van der Waals surface area contributed by atoms with Crippen molar-refractivity contribution in [2.75, 3.05) is 13.2 Å². The summed E-state index contributed by atoms with van der Waals surface area (Å²) in [6.07, 6.45) is 7.72. The molecule has 0 radical (unpaired) electrons. The lowest BCUT2D eigenvalue weighted by Gasteiger charge is -2.17. The summed E-state index contributed by atoms with van der Waals surface area (Å²) >= 11 is 0. The standard InChI is InChI=1S/C14H31NO/c1-5-9-13(4)16-12-8-10-14(7-3)15-11-6-2/h13-15H,5-12H2,1-4H3. The van der Waals surface area contributed by atoms with Gasteiger partial charge in [0.2, 0.25) is 0 Å². The lowest BCUT2D eigenvalue weighted by atomic mass is 10.1. The fourth-order valence-corrected chi connectivity index (χ4v) is 1.90. The van der Waals surface area contributed by atoms with E-state index < -0.39 is 0 Å². The fraction of sp³-hybridized carbons (Fsp3) is 1.00.